The van der Waals surface area contributed by atoms with Gasteiger partial charge < -0.3 is 14.8 Å². The van der Waals surface area contributed by atoms with Crippen LogP contribution < -0.4 is 15.6 Å². The molecule has 146 valence electrons. The number of hydrogen-bond acceptors (Lipinski definition) is 6. The Hall–Kier alpha value is -2.25. The second-order valence-electron chi connectivity index (χ2n) is 5.54. The van der Waals surface area contributed by atoms with Gasteiger partial charge in [0.05, 0.1) is 25.0 Å². The highest BCUT2D eigenvalue weighted by Crippen LogP contribution is 2.16. The van der Waals surface area contributed by atoms with E-state index in [2.05, 4.69) is 10.4 Å². The van der Waals surface area contributed by atoms with Gasteiger partial charge in [0.15, 0.2) is 0 Å². The van der Waals surface area contributed by atoms with Crippen LogP contribution in [0.5, 0.6) is 5.75 Å². The van der Waals surface area contributed by atoms with Crippen molar-refractivity contribution >= 4 is 34.9 Å². The van der Waals surface area contributed by atoms with Crippen LogP contribution in [-0.2, 0) is 16.1 Å². The molecule has 0 saturated heterocycles. The molecule has 27 heavy (non-hydrogen) atoms. The first-order chi connectivity index (χ1) is 13.0. The predicted octanol–water partition coefficient (Wildman–Crippen LogP) is 3.38. The van der Waals surface area contributed by atoms with E-state index in [1.54, 1.807) is 31.2 Å². The second kappa shape index (κ2) is 10.8. The molecule has 0 aliphatic heterocycles. The van der Waals surface area contributed by atoms with Crippen LogP contribution in [0.25, 0.3) is 0 Å². The van der Waals surface area contributed by atoms with Gasteiger partial charge in [0.2, 0.25) is 0 Å². The number of benzene rings is 1. The van der Waals surface area contributed by atoms with Crippen LogP contribution in [0.1, 0.15) is 19.8 Å². The molecule has 0 spiro atoms. The number of nitrogens with one attached hydrogen (secondary N) is 1. The molecule has 0 aliphatic carbocycles. The Morgan fingerprint density at radius 1 is 1.26 bits per heavy atom. The van der Waals surface area contributed by atoms with Crippen LogP contribution in [0.2, 0.25) is 10.0 Å². The lowest BCUT2D eigenvalue weighted by atomic mass is 10.3. The highest BCUT2D eigenvalue weighted by Gasteiger charge is 2.09. The van der Waals surface area contributed by atoms with Crippen molar-refractivity contribution in [3.05, 3.63) is 50.9 Å². The average molecular weight is 414 g/mol. The number of halogens is 2. The minimum Gasteiger partial charge on any atom is -0.492 e. The van der Waals surface area contributed by atoms with E-state index in [4.69, 9.17) is 32.7 Å². The van der Waals surface area contributed by atoms with Gasteiger partial charge in [-0.3, -0.25) is 9.59 Å². The minimum atomic E-state index is -0.410. The fraction of sp³-hybridized carbons (Fsp3) is 0.389. The average Bonchev–Trinajstić information content (AvgIpc) is 2.65. The number of rotatable bonds is 10. The molecule has 0 aliphatic rings. The minimum absolute atomic E-state index is 0.0487. The SMILES string of the molecule is CCOC(=O)CCCNc1cnn(CCOc2ccc(Cl)cc2)c(=O)c1Cl. The van der Waals surface area contributed by atoms with Crippen molar-refractivity contribution in [2.24, 2.45) is 0 Å². The number of carbonyl (C=O) groups is 1. The molecule has 1 heterocycles. The Kier molecular flexibility index (Phi) is 8.42. The number of anilines is 1. The summed E-state index contributed by atoms with van der Waals surface area (Å²) in [7, 11) is 0. The van der Waals surface area contributed by atoms with Gasteiger partial charge in [0.25, 0.3) is 5.56 Å². The summed E-state index contributed by atoms with van der Waals surface area (Å²) in [6, 6.07) is 6.94. The molecule has 0 fully saturated rings. The fourth-order valence-electron chi connectivity index (χ4n) is 2.22. The van der Waals surface area contributed by atoms with E-state index in [1.165, 1.54) is 10.9 Å². The number of aromatic nitrogens is 2. The molecule has 1 aromatic carbocycles. The van der Waals surface area contributed by atoms with Crippen molar-refractivity contribution in [1.29, 1.82) is 0 Å². The molecule has 2 rings (SSSR count). The second-order valence-corrected chi connectivity index (χ2v) is 6.35. The number of ether oxygens (including phenoxy) is 2. The van der Waals surface area contributed by atoms with Crippen molar-refractivity contribution in [3.63, 3.8) is 0 Å². The summed E-state index contributed by atoms with van der Waals surface area (Å²) >= 11 is 11.9. The maximum absolute atomic E-state index is 12.3. The topological polar surface area (TPSA) is 82.4 Å². The van der Waals surface area contributed by atoms with E-state index in [9.17, 15) is 9.59 Å². The standard InChI is InChI=1S/C18H21Cl2N3O4/c1-2-26-16(24)4-3-9-21-15-12-22-23(18(25)17(15)20)10-11-27-14-7-5-13(19)6-8-14/h5-8,12,21H,2-4,9-11H2,1H3. The van der Waals surface area contributed by atoms with Gasteiger partial charge in [-0.05, 0) is 37.6 Å². The molecule has 0 saturated carbocycles. The van der Waals surface area contributed by atoms with Crippen LogP contribution in [0.4, 0.5) is 5.69 Å². The van der Waals surface area contributed by atoms with Crippen molar-refractivity contribution in [2.75, 3.05) is 25.1 Å². The lowest BCUT2D eigenvalue weighted by Crippen LogP contribution is -2.27. The monoisotopic (exact) mass is 413 g/mol. The van der Waals surface area contributed by atoms with Gasteiger partial charge in [-0.15, -0.1) is 0 Å². The van der Waals surface area contributed by atoms with E-state index in [0.29, 0.717) is 42.5 Å². The van der Waals surface area contributed by atoms with E-state index in [0.717, 1.165) is 0 Å². The summed E-state index contributed by atoms with van der Waals surface area (Å²) < 4.78 is 11.6. The Bertz CT molecular complexity index is 809. The summed E-state index contributed by atoms with van der Waals surface area (Å²) in [5.74, 6) is 0.401. The van der Waals surface area contributed by atoms with Crippen LogP contribution in [0.3, 0.4) is 0 Å². The summed E-state index contributed by atoms with van der Waals surface area (Å²) in [6.45, 7) is 3.11. The van der Waals surface area contributed by atoms with E-state index >= 15 is 0 Å². The third-order valence-corrected chi connectivity index (χ3v) is 4.17. The zero-order valence-electron chi connectivity index (χ0n) is 14.9. The normalized spacial score (nSPS) is 10.5. The molecule has 0 radical (unpaired) electrons. The summed E-state index contributed by atoms with van der Waals surface area (Å²) in [5.41, 5.74) is 0.0205. The largest absolute Gasteiger partial charge is 0.492 e. The van der Waals surface area contributed by atoms with Gasteiger partial charge in [-0.1, -0.05) is 23.2 Å². The maximum Gasteiger partial charge on any atom is 0.305 e. The zero-order chi connectivity index (χ0) is 19.6. The van der Waals surface area contributed by atoms with Crippen molar-refractivity contribution in [3.8, 4) is 5.75 Å². The molecule has 9 heteroatoms. The van der Waals surface area contributed by atoms with Crippen LogP contribution >= 0.6 is 23.2 Å². The molecule has 0 unspecified atom stereocenters. The van der Waals surface area contributed by atoms with E-state index in [1.807, 2.05) is 0 Å². The molecule has 1 N–H and O–H groups in total. The van der Waals surface area contributed by atoms with Crippen LogP contribution in [-0.4, -0.2) is 35.5 Å². The number of hydrogen-bond donors (Lipinski definition) is 1. The lowest BCUT2D eigenvalue weighted by Gasteiger charge is -2.11. The molecule has 7 nitrogen and oxygen atoms in total. The summed E-state index contributed by atoms with van der Waals surface area (Å²) in [5, 5.41) is 7.77. The first-order valence-corrected chi connectivity index (χ1v) is 9.30. The molecule has 0 atom stereocenters. The third-order valence-electron chi connectivity index (χ3n) is 3.55. The first-order valence-electron chi connectivity index (χ1n) is 8.54. The smallest absolute Gasteiger partial charge is 0.305 e. The van der Waals surface area contributed by atoms with E-state index in [-0.39, 0.29) is 24.1 Å². The van der Waals surface area contributed by atoms with Gasteiger partial charge in [0.1, 0.15) is 17.4 Å². The van der Waals surface area contributed by atoms with Crippen molar-refractivity contribution in [1.82, 2.24) is 9.78 Å². The molecular formula is C18H21Cl2N3O4. The van der Waals surface area contributed by atoms with Crippen molar-refractivity contribution < 1.29 is 14.3 Å². The zero-order valence-corrected chi connectivity index (χ0v) is 16.4. The summed E-state index contributed by atoms with van der Waals surface area (Å²) in [4.78, 5) is 23.6. The first kappa shape index (κ1) is 21.1. The molecule has 0 amide bonds. The van der Waals surface area contributed by atoms with Gasteiger partial charge >= 0.3 is 5.97 Å². The number of esters is 1. The molecular weight excluding hydrogens is 393 g/mol. The number of nitrogens with zero attached hydrogens (tertiary/aromatic N) is 2. The number of carbonyl (C=O) groups excluding carboxylic acids is 1. The van der Waals surface area contributed by atoms with Gasteiger partial charge in [0, 0.05) is 18.0 Å². The highest BCUT2D eigenvalue weighted by molar-refractivity contribution is 6.32. The van der Waals surface area contributed by atoms with Crippen LogP contribution in [0.15, 0.2) is 35.3 Å². The lowest BCUT2D eigenvalue weighted by molar-refractivity contribution is -0.143. The molecule has 1 aromatic heterocycles. The third kappa shape index (κ3) is 6.77. The van der Waals surface area contributed by atoms with Crippen LogP contribution in [0, 0.1) is 0 Å². The summed E-state index contributed by atoms with van der Waals surface area (Å²) in [6.07, 6.45) is 2.34. The highest BCUT2D eigenvalue weighted by atomic mass is 35.5. The Morgan fingerprint density at radius 2 is 2.00 bits per heavy atom. The Morgan fingerprint density at radius 3 is 2.70 bits per heavy atom. The fourth-order valence-corrected chi connectivity index (χ4v) is 2.56. The quantitative estimate of drug-likeness (QED) is 0.474. The van der Waals surface area contributed by atoms with Gasteiger partial charge in [-0.25, -0.2) is 4.68 Å². The Balaban J connectivity index is 1.83. The van der Waals surface area contributed by atoms with E-state index < -0.39 is 5.56 Å². The molecule has 2 aromatic rings. The Labute approximate surface area is 167 Å². The van der Waals surface area contributed by atoms with Crippen molar-refractivity contribution in [2.45, 2.75) is 26.3 Å². The maximum atomic E-state index is 12.3. The predicted molar refractivity (Wildman–Crippen MR) is 105 cm³/mol. The van der Waals surface area contributed by atoms with Gasteiger partial charge in [-0.2, -0.15) is 5.10 Å². The molecule has 0 bridgehead atoms.